The summed E-state index contributed by atoms with van der Waals surface area (Å²) >= 11 is 3.36. The molecule has 0 spiro atoms. The Hall–Kier alpha value is -1.40. The van der Waals surface area contributed by atoms with Gasteiger partial charge in [0.2, 0.25) is 5.91 Å². The van der Waals surface area contributed by atoms with Gasteiger partial charge in [0, 0.05) is 24.0 Å². The maximum Gasteiger partial charge on any atom is 0.304 e. The summed E-state index contributed by atoms with van der Waals surface area (Å²) in [6.45, 7) is 0.973. The lowest BCUT2D eigenvalue weighted by atomic mass is 10.3. The van der Waals surface area contributed by atoms with E-state index in [4.69, 9.17) is 5.11 Å². The van der Waals surface area contributed by atoms with Gasteiger partial charge >= 0.3 is 5.97 Å². The van der Waals surface area contributed by atoms with E-state index < -0.39 is 5.97 Å². The van der Waals surface area contributed by atoms with E-state index in [-0.39, 0.29) is 12.3 Å². The molecular formula is C13H17BrN2O3. The van der Waals surface area contributed by atoms with Crippen LogP contribution in [0.4, 0.5) is 5.69 Å². The van der Waals surface area contributed by atoms with Gasteiger partial charge in [0.05, 0.1) is 12.1 Å². The van der Waals surface area contributed by atoms with E-state index in [0.29, 0.717) is 19.5 Å². The molecule has 0 bridgehead atoms. The van der Waals surface area contributed by atoms with E-state index in [1.807, 2.05) is 29.2 Å². The molecule has 1 rings (SSSR count). The fourth-order valence-electron chi connectivity index (χ4n) is 1.47. The number of nitrogens with one attached hydrogen (secondary N) is 1. The molecule has 0 heterocycles. The number of rotatable bonds is 7. The number of benzene rings is 1. The number of aliphatic carboxylic acids is 1. The quantitative estimate of drug-likeness (QED) is 0.804. The number of nitrogens with zero attached hydrogens (tertiary/aromatic N) is 1. The van der Waals surface area contributed by atoms with Crippen molar-refractivity contribution in [3.8, 4) is 0 Å². The number of hydrogen-bond acceptors (Lipinski definition) is 3. The molecule has 0 radical (unpaired) electrons. The molecule has 19 heavy (non-hydrogen) atoms. The molecule has 0 aliphatic rings. The number of anilines is 1. The Kier molecular flexibility index (Phi) is 6.52. The fourth-order valence-corrected chi connectivity index (χ4v) is 1.85. The summed E-state index contributed by atoms with van der Waals surface area (Å²) in [6.07, 6.45) is 0.416. The van der Waals surface area contributed by atoms with Gasteiger partial charge in [-0.3, -0.25) is 9.59 Å². The highest BCUT2D eigenvalue weighted by atomic mass is 79.9. The maximum absolute atomic E-state index is 11.7. The topological polar surface area (TPSA) is 69.6 Å². The maximum atomic E-state index is 11.7. The molecule has 5 nitrogen and oxygen atoms in total. The molecule has 0 aromatic heterocycles. The highest BCUT2D eigenvalue weighted by molar-refractivity contribution is 9.10. The van der Waals surface area contributed by atoms with Crippen LogP contribution in [-0.2, 0) is 9.59 Å². The van der Waals surface area contributed by atoms with Crippen molar-refractivity contribution >= 4 is 33.5 Å². The summed E-state index contributed by atoms with van der Waals surface area (Å²) in [5.41, 5.74) is 0.737. The lowest BCUT2D eigenvalue weighted by molar-refractivity contribution is -0.137. The van der Waals surface area contributed by atoms with Gasteiger partial charge in [0.25, 0.3) is 0 Å². The third kappa shape index (κ3) is 6.35. The van der Waals surface area contributed by atoms with Crippen molar-refractivity contribution < 1.29 is 14.7 Å². The van der Waals surface area contributed by atoms with Crippen LogP contribution < -0.4 is 5.32 Å². The summed E-state index contributed by atoms with van der Waals surface area (Å²) < 4.78 is 0.836. The molecule has 0 aliphatic heterocycles. The first-order valence-corrected chi connectivity index (χ1v) is 6.73. The molecular weight excluding hydrogens is 312 g/mol. The third-order valence-corrected chi connectivity index (χ3v) is 3.27. The second-order valence-corrected chi connectivity index (χ2v) is 5.08. The number of para-hydroxylation sites is 1. The molecule has 0 fully saturated rings. The zero-order valence-electron chi connectivity index (χ0n) is 10.7. The highest BCUT2D eigenvalue weighted by Crippen LogP contribution is 2.21. The summed E-state index contributed by atoms with van der Waals surface area (Å²) in [7, 11) is 1.80. The average molecular weight is 329 g/mol. The first-order chi connectivity index (χ1) is 8.99. The van der Waals surface area contributed by atoms with Crippen molar-refractivity contribution in [2.45, 2.75) is 12.8 Å². The Morgan fingerprint density at radius 3 is 2.53 bits per heavy atom. The van der Waals surface area contributed by atoms with E-state index in [0.717, 1.165) is 10.2 Å². The molecule has 2 N–H and O–H groups in total. The molecule has 0 saturated carbocycles. The molecule has 0 aliphatic carbocycles. The van der Waals surface area contributed by atoms with Crippen molar-refractivity contribution in [2.75, 3.05) is 25.5 Å². The SMILES string of the molecule is CN(CCC(=O)O)CCC(=O)Nc1ccccc1Br. The Balaban J connectivity index is 2.32. The number of carbonyl (C=O) groups is 2. The van der Waals surface area contributed by atoms with Crippen molar-refractivity contribution in [2.24, 2.45) is 0 Å². The van der Waals surface area contributed by atoms with Gasteiger partial charge in [0.1, 0.15) is 0 Å². The highest BCUT2D eigenvalue weighted by Gasteiger charge is 2.07. The number of carboxylic acid groups (broad SMARTS) is 1. The van der Waals surface area contributed by atoms with Gasteiger partial charge in [-0.05, 0) is 35.1 Å². The lowest BCUT2D eigenvalue weighted by Crippen LogP contribution is -2.26. The molecule has 0 unspecified atom stereocenters. The predicted molar refractivity (Wildman–Crippen MR) is 77.1 cm³/mol. The Bertz CT molecular complexity index is 451. The second kappa shape index (κ2) is 7.91. The summed E-state index contributed by atoms with van der Waals surface area (Å²) in [6, 6.07) is 7.39. The van der Waals surface area contributed by atoms with Crippen LogP contribution in [0, 0.1) is 0 Å². The van der Waals surface area contributed by atoms with Crippen LogP contribution in [0.2, 0.25) is 0 Å². The Morgan fingerprint density at radius 2 is 1.89 bits per heavy atom. The van der Waals surface area contributed by atoms with Gasteiger partial charge in [0.15, 0.2) is 0 Å². The van der Waals surface area contributed by atoms with Gasteiger partial charge in [-0.1, -0.05) is 12.1 Å². The van der Waals surface area contributed by atoms with Crippen molar-refractivity contribution in [3.05, 3.63) is 28.7 Å². The number of amides is 1. The summed E-state index contributed by atoms with van der Waals surface area (Å²) in [4.78, 5) is 24.0. The smallest absolute Gasteiger partial charge is 0.304 e. The number of carboxylic acids is 1. The van der Waals surface area contributed by atoms with E-state index in [1.165, 1.54) is 0 Å². The Morgan fingerprint density at radius 1 is 1.26 bits per heavy atom. The van der Waals surface area contributed by atoms with Crippen LogP contribution in [0.25, 0.3) is 0 Å². The minimum absolute atomic E-state index is 0.0857. The molecule has 0 saturated heterocycles. The molecule has 6 heteroatoms. The van der Waals surface area contributed by atoms with Crippen LogP contribution in [0.15, 0.2) is 28.7 Å². The average Bonchev–Trinajstić information content (AvgIpc) is 2.36. The first-order valence-electron chi connectivity index (χ1n) is 5.93. The fraction of sp³-hybridized carbons (Fsp3) is 0.385. The normalized spacial score (nSPS) is 10.5. The number of hydrogen-bond donors (Lipinski definition) is 2. The molecule has 104 valence electrons. The van der Waals surface area contributed by atoms with Gasteiger partial charge in [-0.15, -0.1) is 0 Å². The van der Waals surface area contributed by atoms with E-state index >= 15 is 0 Å². The largest absolute Gasteiger partial charge is 0.481 e. The minimum Gasteiger partial charge on any atom is -0.481 e. The van der Waals surface area contributed by atoms with E-state index in [9.17, 15) is 9.59 Å². The predicted octanol–water partition coefficient (Wildman–Crippen LogP) is 2.18. The van der Waals surface area contributed by atoms with Crippen molar-refractivity contribution in [1.82, 2.24) is 4.90 Å². The van der Waals surface area contributed by atoms with Crippen LogP contribution in [0.1, 0.15) is 12.8 Å². The monoisotopic (exact) mass is 328 g/mol. The summed E-state index contributed by atoms with van der Waals surface area (Å²) in [5, 5.41) is 11.4. The summed E-state index contributed by atoms with van der Waals surface area (Å²) in [5.74, 6) is -0.918. The number of halogens is 1. The molecule has 1 aromatic carbocycles. The Labute approximate surface area is 120 Å². The van der Waals surface area contributed by atoms with Crippen LogP contribution >= 0.6 is 15.9 Å². The molecule has 1 amide bonds. The minimum atomic E-state index is -0.829. The van der Waals surface area contributed by atoms with Crippen molar-refractivity contribution in [3.63, 3.8) is 0 Å². The molecule has 0 atom stereocenters. The van der Waals surface area contributed by atoms with Crippen LogP contribution in [0.3, 0.4) is 0 Å². The van der Waals surface area contributed by atoms with E-state index in [1.54, 1.807) is 7.05 Å². The zero-order chi connectivity index (χ0) is 14.3. The van der Waals surface area contributed by atoms with Gasteiger partial charge < -0.3 is 15.3 Å². The van der Waals surface area contributed by atoms with Crippen molar-refractivity contribution in [1.29, 1.82) is 0 Å². The standard InChI is InChI=1S/C13H17BrN2O3/c1-16(9-7-13(18)19)8-6-12(17)15-11-5-3-2-4-10(11)14/h2-5H,6-9H2,1H3,(H,15,17)(H,18,19). The lowest BCUT2D eigenvalue weighted by Gasteiger charge is -2.15. The molecule has 1 aromatic rings. The zero-order valence-corrected chi connectivity index (χ0v) is 12.3. The third-order valence-electron chi connectivity index (χ3n) is 2.58. The van der Waals surface area contributed by atoms with Crippen LogP contribution in [0.5, 0.6) is 0 Å². The first kappa shape index (κ1) is 15.7. The van der Waals surface area contributed by atoms with Crippen LogP contribution in [-0.4, -0.2) is 42.0 Å². The second-order valence-electron chi connectivity index (χ2n) is 4.23. The van der Waals surface area contributed by atoms with Gasteiger partial charge in [-0.2, -0.15) is 0 Å². The van der Waals surface area contributed by atoms with E-state index in [2.05, 4.69) is 21.2 Å². The van der Waals surface area contributed by atoms with Gasteiger partial charge in [-0.25, -0.2) is 0 Å². The number of carbonyl (C=O) groups excluding carboxylic acids is 1.